The number of ether oxygens (including phenoxy) is 2. The highest BCUT2D eigenvalue weighted by Gasteiger charge is 2.29. The van der Waals surface area contributed by atoms with Crippen LogP contribution < -0.4 is 20.3 Å². The molecule has 1 saturated heterocycles. The number of nitriles is 1. The summed E-state index contributed by atoms with van der Waals surface area (Å²) in [6.07, 6.45) is 1.28. The van der Waals surface area contributed by atoms with Crippen LogP contribution in [0.5, 0.6) is 11.5 Å². The molecule has 1 aromatic carbocycles. The summed E-state index contributed by atoms with van der Waals surface area (Å²) in [5.74, 6) is 1.32. The summed E-state index contributed by atoms with van der Waals surface area (Å²) >= 11 is 0. The Morgan fingerprint density at radius 2 is 1.97 bits per heavy atom. The van der Waals surface area contributed by atoms with Crippen LogP contribution in [-0.2, 0) is 13.1 Å². The summed E-state index contributed by atoms with van der Waals surface area (Å²) in [7, 11) is 0. The van der Waals surface area contributed by atoms with E-state index in [1.54, 1.807) is 29.0 Å². The summed E-state index contributed by atoms with van der Waals surface area (Å²) in [6, 6.07) is 12.3. The summed E-state index contributed by atoms with van der Waals surface area (Å²) in [5.41, 5.74) is 1.90. The zero-order valence-corrected chi connectivity index (χ0v) is 18.7. The number of fused-ring (bicyclic) bond motifs is 2. The lowest BCUT2D eigenvalue weighted by molar-refractivity contribution is 0.100. The zero-order chi connectivity index (χ0) is 23.5. The molecule has 0 spiro atoms. The molecule has 0 radical (unpaired) electrons. The van der Waals surface area contributed by atoms with Gasteiger partial charge in [-0.05, 0) is 36.6 Å². The van der Waals surface area contributed by atoms with Gasteiger partial charge in [0.1, 0.15) is 19.4 Å². The molecule has 0 amide bonds. The first-order chi connectivity index (χ1) is 16.6. The molecule has 0 saturated carbocycles. The Morgan fingerprint density at radius 3 is 2.79 bits per heavy atom. The number of piperidine rings is 1. The third-order valence-electron chi connectivity index (χ3n) is 6.42. The topological polar surface area (TPSA) is 92.4 Å². The first-order valence-electron chi connectivity index (χ1n) is 11.5. The molecule has 8 nitrogen and oxygen atoms in total. The molecule has 2 aliphatic rings. The Hall–Kier alpha value is -3.48. The fraction of sp³-hybridized carbons (Fsp3) is 0.400. The van der Waals surface area contributed by atoms with Crippen molar-refractivity contribution in [2.45, 2.75) is 31.7 Å². The largest absolute Gasteiger partial charge is 0.486 e. The van der Waals surface area contributed by atoms with Gasteiger partial charge in [-0.1, -0.05) is 6.07 Å². The number of benzene rings is 1. The fourth-order valence-electron chi connectivity index (χ4n) is 4.55. The van der Waals surface area contributed by atoms with Crippen LogP contribution >= 0.6 is 0 Å². The lowest BCUT2D eigenvalue weighted by atomic mass is 10.0. The molecule has 5 rings (SSSR count). The molecule has 176 valence electrons. The number of halogens is 1. The number of rotatable bonds is 6. The Kier molecular flexibility index (Phi) is 6.43. The highest BCUT2D eigenvalue weighted by atomic mass is 19.1. The van der Waals surface area contributed by atoms with Gasteiger partial charge < -0.3 is 19.4 Å². The highest BCUT2D eigenvalue weighted by molar-refractivity contribution is 5.80. The number of likely N-dealkylation sites (tertiary alicyclic amines) is 1. The molecule has 3 aromatic rings. The van der Waals surface area contributed by atoms with Gasteiger partial charge in [0.15, 0.2) is 11.5 Å². The average Bonchev–Trinajstić information content (AvgIpc) is 2.87. The third-order valence-corrected chi connectivity index (χ3v) is 6.42. The molecular weight excluding hydrogens is 437 g/mol. The molecule has 2 atom stereocenters. The maximum absolute atomic E-state index is 15.0. The summed E-state index contributed by atoms with van der Waals surface area (Å²) in [5, 5.41) is 13.4. The molecular formula is C25H26FN5O3. The summed E-state index contributed by atoms with van der Waals surface area (Å²) < 4.78 is 27.7. The monoisotopic (exact) mass is 463 g/mol. The van der Waals surface area contributed by atoms with Crippen LogP contribution in [-0.4, -0.2) is 59.5 Å². The van der Waals surface area contributed by atoms with Crippen molar-refractivity contribution < 1.29 is 13.9 Å². The average molecular weight is 464 g/mol. The Morgan fingerprint density at radius 1 is 1.15 bits per heavy atom. The lowest BCUT2D eigenvalue weighted by Crippen LogP contribution is -2.51. The van der Waals surface area contributed by atoms with E-state index >= 15 is 0 Å². The summed E-state index contributed by atoms with van der Waals surface area (Å²) in [6.45, 7) is 3.52. The van der Waals surface area contributed by atoms with Crippen molar-refractivity contribution >= 4 is 10.9 Å². The molecule has 0 unspecified atom stereocenters. The van der Waals surface area contributed by atoms with Crippen LogP contribution in [0.25, 0.3) is 10.9 Å². The molecule has 0 bridgehead atoms. The molecule has 1 fully saturated rings. The number of alkyl halides is 1. The third kappa shape index (κ3) is 4.74. The smallest absolute Gasteiger partial charge is 0.251 e. The minimum atomic E-state index is -1.03. The van der Waals surface area contributed by atoms with E-state index in [0.717, 1.165) is 23.1 Å². The second-order valence-corrected chi connectivity index (χ2v) is 8.62. The second-order valence-electron chi connectivity index (χ2n) is 8.62. The maximum atomic E-state index is 15.0. The molecule has 2 aliphatic heterocycles. The molecule has 0 aliphatic carbocycles. The predicted molar refractivity (Wildman–Crippen MR) is 125 cm³/mol. The van der Waals surface area contributed by atoms with Crippen molar-refractivity contribution in [1.29, 1.82) is 5.26 Å². The van der Waals surface area contributed by atoms with Gasteiger partial charge in [0.05, 0.1) is 29.0 Å². The number of hydrogen-bond acceptors (Lipinski definition) is 7. The minimum Gasteiger partial charge on any atom is -0.486 e. The first kappa shape index (κ1) is 22.3. The number of nitrogens with zero attached hydrogens (tertiary/aromatic N) is 4. The zero-order valence-electron chi connectivity index (χ0n) is 18.7. The van der Waals surface area contributed by atoms with Crippen molar-refractivity contribution in [3.63, 3.8) is 0 Å². The fourth-order valence-corrected chi connectivity index (χ4v) is 4.55. The van der Waals surface area contributed by atoms with Crippen LogP contribution in [0.4, 0.5) is 4.39 Å². The lowest BCUT2D eigenvalue weighted by Gasteiger charge is -2.35. The Labute approximate surface area is 196 Å². The molecule has 9 heteroatoms. The van der Waals surface area contributed by atoms with Gasteiger partial charge in [0, 0.05) is 44.4 Å². The van der Waals surface area contributed by atoms with E-state index in [1.807, 2.05) is 17.0 Å². The van der Waals surface area contributed by atoms with Gasteiger partial charge >= 0.3 is 0 Å². The van der Waals surface area contributed by atoms with E-state index in [4.69, 9.17) is 9.47 Å². The van der Waals surface area contributed by atoms with Gasteiger partial charge in [-0.15, -0.1) is 0 Å². The van der Waals surface area contributed by atoms with E-state index in [9.17, 15) is 14.4 Å². The molecule has 2 aromatic heterocycles. The maximum Gasteiger partial charge on any atom is 0.251 e. The van der Waals surface area contributed by atoms with Gasteiger partial charge in [-0.25, -0.2) is 4.39 Å². The van der Waals surface area contributed by atoms with Crippen LogP contribution in [0.1, 0.15) is 17.7 Å². The first-order valence-corrected chi connectivity index (χ1v) is 11.5. The van der Waals surface area contributed by atoms with Crippen LogP contribution in [0.3, 0.4) is 0 Å². The van der Waals surface area contributed by atoms with E-state index in [2.05, 4.69) is 16.4 Å². The van der Waals surface area contributed by atoms with Gasteiger partial charge in [0.2, 0.25) is 0 Å². The molecule has 34 heavy (non-hydrogen) atoms. The number of nitrogens with one attached hydrogen (secondary N) is 1. The van der Waals surface area contributed by atoms with Crippen molar-refractivity contribution in [3.8, 4) is 17.6 Å². The van der Waals surface area contributed by atoms with E-state index in [0.29, 0.717) is 62.9 Å². The van der Waals surface area contributed by atoms with Crippen molar-refractivity contribution in [2.24, 2.45) is 0 Å². The van der Waals surface area contributed by atoms with Gasteiger partial charge in [-0.3, -0.25) is 14.7 Å². The number of aromatic nitrogens is 2. The molecule has 4 heterocycles. The number of pyridine rings is 2. The molecule has 1 N–H and O–H groups in total. The van der Waals surface area contributed by atoms with Crippen molar-refractivity contribution in [3.05, 3.63) is 64.2 Å². The van der Waals surface area contributed by atoms with Crippen LogP contribution in [0, 0.1) is 11.3 Å². The second kappa shape index (κ2) is 9.79. The SMILES string of the molecule is N#Cc1ccc2ccc(=O)n(CCN3CC[C@@H](NCc4cc5c(cn4)OCCO5)[C@@H](F)C3)c2c1. The normalized spacial score (nSPS) is 20.2. The quantitative estimate of drug-likeness (QED) is 0.599. The minimum absolute atomic E-state index is 0.122. The van der Waals surface area contributed by atoms with Crippen molar-refractivity contribution in [1.82, 2.24) is 19.8 Å². The van der Waals surface area contributed by atoms with E-state index < -0.39 is 6.17 Å². The predicted octanol–water partition coefficient (Wildman–Crippen LogP) is 2.24. The van der Waals surface area contributed by atoms with Gasteiger partial charge in [-0.2, -0.15) is 5.26 Å². The van der Waals surface area contributed by atoms with E-state index in [1.165, 1.54) is 6.07 Å². The van der Waals surface area contributed by atoms with Crippen molar-refractivity contribution in [2.75, 3.05) is 32.8 Å². The number of hydrogen-bond donors (Lipinski definition) is 1. The Bertz CT molecular complexity index is 1290. The Balaban J connectivity index is 1.17. The standard InChI is InChI=1S/C25H26FN5O3/c26-20-16-30(7-8-31-22-11-17(13-27)1-2-18(22)3-4-25(31)32)6-5-21(20)29-14-19-12-23-24(15-28-19)34-10-9-33-23/h1-4,11-12,15,20-21,29H,5-10,14,16H2/t20-,21+/m0/s1. The van der Waals surface area contributed by atoms with Crippen LogP contribution in [0.2, 0.25) is 0 Å². The highest BCUT2D eigenvalue weighted by Crippen LogP contribution is 2.29. The van der Waals surface area contributed by atoms with Gasteiger partial charge in [0.25, 0.3) is 5.56 Å². The summed E-state index contributed by atoms with van der Waals surface area (Å²) in [4.78, 5) is 18.9. The van der Waals surface area contributed by atoms with Crippen LogP contribution in [0.15, 0.2) is 47.4 Å². The van der Waals surface area contributed by atoms with E-state index in [-0.39, 0.29) is 11.6 Å².